The lowest BCUT2D eigenvalue weighted by Gasteiger charge is -2.16. The van der Waals surface area contributed by atoms with Gasteiger partial charge in [0.2, 0.25) is 11.8 Å². The molecule has 1 atom stereocenters. The van der Waals surface area contributed by atoms with E-state index < -0.39 is 5.92 Å². The maximum absolute atomic E-state index is 13.0. The van der Waals surface area contributed by atoms with Gasteiger partial charge in [0.25, 0.3) is 0 Å². The van der Waals surface area contributed by atoms with E-state index >= 15 is 0 Å². The Morgan fingerprint density at radius 1 is 1.12 bits per heavy atom. The topological polar surface area (TPSA) is 49.4 Å². The molecule has 1 aliphatic rings. The van der Waals surface area contributed by atoms with Crippen LogP contribution in [-0.2, 0) is 9.59 Å². The zero-order valence-corrected chi connectivity index (χ0v) is 13.7. The van der Waals surface area contributed by atoms with E-state index in [-0.39, 0.29) is 24.1 Å². The summed E-state index contributed by atoms with van der Waals surface area (Å²) in [6.07, 6.45) is 0.161. The Bertz CT molecular complexity index is 786. The molecule has 0 unspecified atom stereocenters. The fourth-order valence-corrected chi connectivity index (χ4v) is 2.82. The average molecular weight is 326 g/mol. The number of hydrogen-bond donors (Lipinski definition) is 1. The zero-order valence-electron chi connectivity index (χ0n) is 13.7. The second kappa shape index (κ2) is 6.43. The molecule has 0 aromatic heterocycles. The molecular weight excluding hydrogens is 307 g/mol. The highest BCUT2D eigenvalue weighted by Gasteiger charge is 2.35. The van der Waals surface area contributed by atoms with Crippen LogP contribution in [0.5, 0.6) is 0 Å². The molecule has 5 heteroatoms. The van der Waals surface area contributed by atoms with Gasteiger partial charge in [0.1, 0.15) is 5.82 Å². The summed E-state index contributed by atoms with van der Waals surface area (Å²) in [5.74, 6) is -1.06. The van der Waals surface area contributed by atoms with Crippen LogP contribution in [0.15, 0.2) is 42.5 Å². The zero-order chi connectivity index (χ0) is 17.3. The van der Waals surface area contributed by atoms with Crippen molar-refractivity contribution < 1.29 is 14.0 Å². The molecule has 2 aromatic carbocycles. The van der Waals surface area contributed by atoms with Gasteiger partial charge in [-0.3, -0.25) is 9.59 Å². The quantitative estimate of drug-likeness (QED) is 0.939. The maximum atomic E-state index is 13.0. The lowest BCUT2D eigenvalue weighted by Crippen LogP contribution is -2.28. The maximum Gasteiger partial charge on any atom is 0.229 e. The van der Waals surface area contributed by atoms with E-state index in [1.165, 1.54) is 17.0 Å². The lowest BCUT2D eigenvalue weighted by atomic mass is 10.1. The van der Waals surface area contributed by atoms with Crippen molar-refractivity contribution in [2.75, 3.05) is 16.8 Å². The number of carbonyl (C=O) groups excluding carboxylic acids is 2. The normalized spacial score (nSPS) is 17.2. The Balaban J connectivity index is 1.69. The number of amides is 2. The number of benzene rings is 2. The summed E-state index contributed by atoms with van der Waals surface area (Å²) in [4.78, 5) is 26.1. The van der Waals surface area contributed by atoms with E-state index in [1.54, 1.807) is 12.1 Å². The van der Waals surface area contributed by atoms with Crippen LogP contribution in [0.3, 0.4) is 0 Å². The largest absolute Gasteiger partial charge is 0.326 e. The van der Waals surface area contributed by atoms with Crippen LogP contribution in [-0.4, -0.2) is 18.4 Å². The minimum Gasteiger partial charge on any atom is -0.326 e. The summed E-state index contributed by atoms with van der Waals surface area (Å²) < 4.78 is 13.0. The van der Waals surface area contributed by atoms with Crippen LogP contribution in [0.4, 0.5) is 15.8 Å². The lowest BCUT2D eigenvalue weighted by molar-refractivity contribution is -0.122. The Labute approximate surface area is 140 Å². The second-order valence-electron chi connectivity index (χ2n) is 6.17. The van der Waals surface area contributed by atoms with E-state index in [9.17, 15) is 14.0 Å². The first kappa shape index (κ1) is 16.2. The number of nitrogens with one attached hydrogen (secondary N) is 1. The van der Waals surface area contributed by atoms with Crippen LogP contribution >= 0.6 is 0 Å². The fraction of sp³-hybridized carbons (Fsp3) is 0.263. The molecule has 0 bridgehead atoms. The van der Waals surface area contributed by atoms with Gasteiger partial charge in [-0.15, -0.1) is 0 Å². The number of anilines is 2. The van der Waals surface area contributed by atoms with Gasteiger partial charge in [-0.2, -0.15) is 0 Å². The molecule has 2 amide bonds. The van der Waals surface area contributed by atoms with Crippen LogP contribution < -0.4 is 10.2 Å². The van der Waals surface area contributed by atoms with Gasteiger partial charge in [-0.05, 0) is 61.4 Å². The molecule has 0 radical (unpaired) electrons. The van der Waals surface area contributed by atoms with Crippen molar-refractivity contribution >= 4 is 23.2 Å². The molecular formula is C19H19FN2O2. The van der Waals surface area contributed by atoms with E-state index in [1.807, 2.05) is 32.0 Å². The van der Waals surface area contributed by atoms with Gasteiger partial charge in [0.15, 0.2) is 0 Å². The van der Waals surface area contributed by atoms with Crippen molar-refractivity contribution in [3.05, 3.63) is 59.4 Å². The summed E-state index contributed by atoms with van der Waals surface area (Å²) >= 11 is 0. The third-order valence-corrected chi connectivity index (χ3v) is 4.41. The first-order chi connectivity index (χ1) is 11.4. The van der Waals surface area contributed by atoms with Gasteiger partial charge in [0, 0.05) is 24.3 Å². The highest BCUT2D eigenvalue weighted by molar-refractivity contribution is 6.03. The third kappa shape index (κ3) is 3.30. The number of nitrogens with zero attached hydrogens (tertiary/aromatic N) is 1. The Morgan fingerprint density at radius 2 is 1.83 bits per heavy atom. The fourth-order valence-electron chi connectivity index (χ4n) is 2.82. The average Bonchev–Trinajstić information content (AvgIpc) is 2.94. The molecule has 3 rings (SSSR count). The smallest absolute Gasteiger partial charge is 0.229 e. The van der Waals surface area contributed by atoms with Crippen LogP contribution in [0.25, 0.3) is 0 Å². The molecule has 0 aliphatic carbocycles. The predicted octanol–water partition coefficient (Wildman–Crippen LogP) is 3.43. The number of hydrogen-bond acceptors (Lipinski definition) is 2. The summed E-state index contributed by atoms with van der Waals surface area (Å²) in [7, 11) is 0. The molecule has 1 fully saturated rings. The number of aryl methyl sites for hydroxylation is 2. The monoisotopic (exact) mass is 326 g/mol. The van der Waals surface area contributed by atoms with Gasteiger partial charge in [-0.25, -0.2) is 4.39 Å². The molecule has 1 N–H and O–H groups in total. The minimum atomic E-state index is -0.413. The highest BCUT2D eigenvalue weighted by Crippen LogP contribution is 2.26. The number of rotatable bonds is 3. The van der Waals surface area contributed by atoms with Crippen LogP contribution in [0, 0.1) is 25.6 Å². The van der Waals surface area contributed by atoms with Crippen molar-refractivity contribution in [2.45, 2.75) is 20.3 Å². The first-order valence-corrected chi connectivity index (χ1v) is 7.88. The van der Waals surface area contributed by atoms with Crippen LogP contribution in [0.2, 0.25) is 0 Å². The molecule has 0 spiro atoms. The molecule has 1 saturated heterocycles. The van der Waals surface area contributed by atoms with Crippen LogP contribution in [0.1, 0.15) is 17.5 Å². The van der Waals surface area contributed by atoms with E-state index in [2.05, 4.69) is 5.32 Å². The van der Waals surface area contributed by atoms with Gasteiger partial charge in [0.05, 0.1) is 5.92 Å². The summed E-state index contributed by atoms with van der Waals surface area (Å²) in [5.41, 5.74) is 3.61. The van der Waals surface area contributed by atoms with Crippen molar-refractivity contribution in [1.82, 2.24) is 0 Å². The molecule has 4 nitrogen and oxygen atoms in total. The minimum absolute atomic E-state index is 0.123. The number of halogens is 1. The molecule has 24 heavy (non-hydrogen) atoms. The Hall–Kier alpha value is -2.69. The second-order valence-corrected chi connectivity index (χ2v) is 6.17. The van der Waals surface area contributed by atoms with Crippen molar-refractivity contribution in [3.63, 3.8) is 0 Å². The summed E-state index contributed by atoms with van der Waals surface area (Å²) in [6.45, 7) is 4.30. The SMILES string of the molecule is Cc1ccc(NC(=O)[C@H]2CC(=O)N(c3ccc(F)cc3)C2)cc1C. The standard InChI is InChI=1S/C19H19FN2O2/c1-12-3-6-16(9-13(12)2)21-19(24)14-10-18(23)22(11-14)17-7-4-15(20)5-8-17/h3-9,14H,10-11H2,1-2H3,(H,21,24)/t14-/m0/s1. The Kier molecular flexibility index (Phi) is 4.34. The van der Waals surface area contributed by atoms with Gasteiger partial charge in [-0.1, -0.05) is 6.07 Å². The van der Waals surface area contributed by atoms with Crippen molar-refractivity contribution in [2.24, 2.45) is 5.92 Å². The Morgan fingerprint density at radius 3 is 2.50 bits per heavy atom. The van der Waals surface area contributed by atoms with Gasteiger partial charge >= 0.3 is 0 Å². The summed E-state index contributed by atoms with van der Waals surface area (Å²) in [6, 6.07) is 11.5. The predicted molar refractivity (Wildman–Crippen MR) is 91.4 cm³/mol. The van der Waals surface area contributed by atoms with Crippen molar-refractivity contribution in [1.29, 1.82) is 0 Å². The summed E-state index contributed by atoms with van der Waals surface area (Å²) in [5, 5.41) is 2.88. The molecule has 1 heterocycles. The molecule has 0 saturated carbocycles. The molecule has 124 valence electrons. The van der Waals surface area contributed by atoms with E-state index in [0.29, 0.717) is 12.2 Å². The molecule has 1 aliphatic heterocycles. The molecule has 2 aromatic rings. The van der Waals surface area contributed by atoms with Crippen molar-refractivity contribution in [3.8, 4) is 0 Å². The van der Waals surface area contributed by atoms with Gasteiger partial charge < -0.3 is 10.2 Å². The first-order valence-electron chi connectivity index (χ1n) is 7.88. The number of carbonyl (C=O) groups is 2. The van der Waals surface area contributed by atoms with E-state index in [4.69, 9.17) is 0 Å². The van der Waals surface area contributed by atoms with E-state index in [0.717, 1.165) is 16.8 Å². The highest BCUT2D eigenvalue weighted by atomic mass is 19.1. The third-order valence-electron chi connectivity index (χ3n) is 4.41.